The van der Waals surface area contributed by atoms with Crippen LogP contribution in [-0.2, 0) is 38.0 Å². The number of carbonyl (C=O) groups excluding carboxylic acids is 2. The fourth-order valence-corrected chi connectivity index (χ4v) is 15.4. The first kappa shape index (κ1) is 52.9. The first-order valence-corrected chi connectivity index (χ1v) is 24.7. The zero-order valence-electron chi connectivity index (χ0n) is 40.2. The lowest BCUT2D eigenvalue weighted by Gasteiger charge is -2.64. The molecule has 0 aromatic heterocycles. The minimum absolute atomic E-state index is 0.0816. The summed E-state index contributed by atoms with van der Waals surface area (Å²) in [6.45, 7) is 11.4. The minimum atomic E-state index is -1.88. The Morgan fingerprint density at radius 3 is 1.90 bits per heavy atom. The predicted octanol–water partition coefficient (Wildman–Crippen LogP) is -1.83. The van der Waals surface area contributed by atoms with Crippen molar-refractivity contribution in [1.82, 2.24) is 0 Å². The molecule has 12 N–H and O–H groups in total. The highest BCUT2D eigenvalue weighted by atomic mass is 16.8. The number of carbonyl (C=O) groups is 2. The van der Waals surface area contributed by atoms with Crippen LogP contribution in [0, 0.1) is 50.7 Å². The molecule has 390 valence electrons. The van der Waals surface area contributed by atoms with Crippen molar-refractivity contribution < 1.29 is 99.3 Å². The molecule has 0 radical (unpaired) electrons. The number of ketones is 2. The summed E-state index contributed by atoms with van der Waals surface area (Å²) in [5.41, 5.74) is -3.50. The van der Waals surface area contributed by atoms with Gasteiger partial charge in [0.25, 0.3) is 0 Å². The molecule has 5 aliphatic carbocycles. The van der Waals surface area contributed by atoms with Crippen molar-refractivity contribution in [3.8, 4) is 0 Å². The van der Waals surface area contributed by atoms with E-state index >= 15 is 0 Å². The molecule has 8 fully saturated rings. The number of ether oxygens (including phenoxy) is 6. The zero-order valence-corrected chi connectivity index (χ0v) is 40.2. The Hall–Kier alpha value is -1.38. The van der Waals surface area contributed by atoms with E-state index < -0.39 is 146 Å². The van der Waals surface area contributed by atoms with Crippen LogP contribution in [0.4, 0.5) is 0 Å². The summed E-state index contributed by atoms with van der Waals surface area (Å²) in [5.74, 6) is -0.736. The van der Waals surface area contributed by atoms with Gasteiger partial charge in [0, 0.05) is 18.8 Å². The van der Waals surface area contributed by atoms with Gasteiger partial charge in [0.15, 0.2) is 24.7 Å². The molecule has 68 heavy (non-hydrogen) atoms. The van der Waals surface area contributed by atoms with Crippen LogP contribution >= 0.6 is 0 Å². The van der Waals surface area contributed by atoms with E-state index in [0.717, 1.165) is 19.3 Å². The molecular formula is C48H78O20. The van der Waals surface area contributed by atoms with Gasteiger partial charge in [0.05, 0.1) is 32.0 Å². The Balaban J connectivity index is 1.03. The summed E-state index contributed by atoms with van der Waals surface area (Å²) in [5, 5.41) is 129. The van der Waals surface area contributed by atoms with E-state index in [4.69, 9.17) is 28.4 Å². The maximum atomic E-state index is 14.2. The first-order valence-electron chi connectivity index (χ1n) is 24.7. The third-order valence-corrected chi connectivity index (χ3v) is 19.3. The van der Waals surface area contributed by atoms with Gasteiger partial charge in [-0.05, 0) is 104 Å². The second-order valence-electron chi connectivity index (χ2n) is 23.6. The van der Waals surface area contributed by atoms with Crippen molar-refractivity contribution in [3.05, 3.63) is 0 Å². The summed E-state index contributed by atoms with van der Waals surface area (Å²) >= 11 is 0. The van der Waals surface area contributed by atoms with Crippen LogP contribution in [0.15, 0.2) is 0 Å². The quantitative estimate of drug-likeness (QED) is 0.0852. The van der Waals surface area contributed by atoms with Gasteiger partial charge in [0.2, 0.25) is 0 Å². The first-order chi connectivity index (χ1) is 31.6. The molecule has 3 saturated heterocycles. The second kappa shape index (κ2) is 18.5. The molecule has 8 rings (SSSR count). The third-order valence-electron chi connectivity index (χ3n) is 19.3. The topological polar surface area (TPSA) is 332 Å². The van der Waals surface area contributed by atoms with Crippen molar-refractivity contribution in [2.24, 2.45) is 50.7 Å². The van der Waals surface area contributed by atoms with E-state index in [1.54, 1.807) is 0 Å². The number of aliphatic hydroxyl groups excluding tert-OH is 11. The van der Waals surface area contributed by atoms with Crippen molar-refractivity contribution in [2.75, 3.05) is 19.8 Å². The maximum absolute atomic E-state index is 14.2. The van der Waals surface area contributed by atoms with E-state index in [1.807, 2.05) is 6.92 Å². The number of rotatable bonds is 14. The average molecular weight is 975 g/mol. The van der Waals surface area contributed by atoms with Gasteiger partial charge in [-0.1, -0.05) is 34.6 Å². The van der Waals surface area contributed by atoms with Gasteiger partial charge in [-0.25, -0.2) is 0 Å². The SMILES string of the molecule is C[C@H](CCC(=O)C(C)(C)O)[C@H]1C(=O)C[C@@]2(C)[C@@H]3[C@@H](O)C[C@H]4C(C)(C)[C@@H](O[C@@H]5O[C@H](CO[C@@H]6O[C@H](CO)[C@@H](O)[C@H](O)[C@H]6O)[C@@H](O)[C@H](O)[C@H]5O[C@@H]5O[C@H](CO)[C@@H](O)[C@H](O)[C@H]5O)CC[C@@]45C[C@@]35CC[C@]12C. The molecule has 2 spiro atoms. The third kappa shape index (κ3) is 8.20. The Morgan fingerprint density at radius 2 is 1.29 bits per heavy atom. The van der Waals surface area contributed by atoms with Crippen molar-refractivity contribution >= 4 is 11.6 Å². The smallest absolute Gasteiger partial charge is 0.187 e. The highest BCUT2D eigenvalue weighted by Gasteiger charge is 2.84. The number of fused-ring (bicyclic) bond motifs is 2. The lowest BCUT2D eigenvalue weighted by atomic mass is 9.41. The highest BCUT2D eigenvalue weighted by molar-refractivity contribution is 5.87. The second-order valence-corrected chi connectivity index (χ2v) is 23.6. The van der Waals surface area contributed by atoms with Crippen LogP contribution in [0.3, 0.4) is 0 Å². The molecule has 5 saturated carbocycles. The van der Waals surface area contributed by atoms with Crippen LogP contribution in [0.5, 0.6) is 0 Å². The number of hydrogen-bond acceptors (Lipinski definition) is 20. The lowest BCUT2D eigenvalue weighted by molar-refractivity contribution is -0.382. The zero-order chi connectivity index (χ0) is 50.0. The average Bonchev–Trinajstić information content (AvgIpc) is 3.87. The molecule has 20 nitrogen and oxygen atoms in total. The molecule has 0 amide bonds. The summed E-state index contributed by atoms with van der Waals surface area (Å²) in [7, 11) is 0. The van der Waals surface area contributed by atoms with E-state index in [1.165, 1.54) is 13.8 Å². The van der Waals surface area contributed by atoms with Gasteiger partial charge >= 0.3 is 0 Å². The fraction of sp³-hybridized carbons (Fsp3) is 0.958. The van der Waals surface area contributed by atoms with Gasteiger partial charge in [-0.3, -0.25) is 9.59 Å². The summed E-state index contributed by atoms with van der Waals surface area (Å²) in [6.07, 6.45) is -21.2. The Kier molecular flexibility index (Phi) is 14.4. The van der Waals surface area contributed by atoms with E-state index in [9.17, 15) is 70.9 Å². The molecule has 0 unspecified atom stereocenters. The van der Waals surface area contributed by atoms with Crippen molar-refractivity contribution in [3.63, 3.8) is 0 Å². The van der Waals surface area contributed by atoms with Gasteiger partial charge in [0.1, 0.15) is 84.6 Å². The maximum Gasteiger partial charge on any atom is 0.187 e. The molecular weight excluding hydrogens is 897 g/mol. The largest absolute Gasteiger partial charge is 0.394 e. The van der Waals surface area contributed by atoms with Crippen molar-refractivity contribution in [1.29, 1.82) is 0 Å². The lowest BCUT2D eigenvalue weighted by Crippen LogP contribution is -2.66. The summed E-state index contributed by atoms with van der Waals surface area (Å²) in [6, 6.07) is 0. The number of hydrogen-bond donors (Lipinski definition) is 12. The van der Waals surface area contributed by atoms with Gasteiger partial charge in [-0.15, -0.1) is 0 Å². The highest BCUT2D eigenvalue weighted by Crippen LogP contribution is 2.89. The van der Waals surface area contributed by atoms with Crippen LogP contribution in [0.1, 0.15) is 106 Å². The standard InChI is InChI=1S/C48H78O20/c1-20(8-9-27(53)44(4,5)62)29-22(52)15-46(7)39-21(51)14-26-43(2,3)28(10-11-47(26)19-48(39,47)13-12-45(29,46)6)67-42-38(68-41-37(61)34(58)31(55)24(17-50)65-41)35(59)32(56)25(66-42)18-63-40-36(60)33(57)30(54)23(16-49)64-40/h20-21,23-26,28-42,49-51,54-62H,8-19H2,1-7H3/t20-,21+,23-,24-,25-,26+,28+,29+,30-,31-,32-,33+,34+,35+,36-,37-,38-,39+,40-,41+,42+,45-,46+,47-,48+/m1/s1. The van der Waals surface area contributed by atoms with Crippen LogP contribution in [0.25, 0.3) is 0 Å². The predicted molar refractivity (Wildman–Crippen MR) is 232 cm³/mol. The molecule has 3 aliphatic heterocycles. The van der Waals surface area contributed by atoms with Crippen LogP contribution in [0.2, 0.25) is 0 Å². The van der Waals surface area contributed by atoms with E-state index in [0.29, 0.717) is 32.1 Å². The Labute approximate surface area is 396 Å². The minimum Gasteiger partial charge on any atom is -0.394 e. The Bertz CT molecular complexity index is 1840. The van der Waals surface area contributed by atoms with Crippen molar-refractivity contribution in [2.45, 2.75) is 216 Å². The van der Waals surface area contributed by atoms with Crippen LogP contribution in [-0.4, -0.2) is 203 Å². The normalized spacial score (nSPS) is 52.6. The van der Waals surface area contributed by atoms with Gasteiger partial charge < -0.3 is 89.7 Å². The molecule has 0 aromatic rings. The molecule has 8 aliphatic rings. The fourth-order valence-electron chi connectivity index (χ4n) is 15.4. The van der Waals surface area contributed by atoms with E-state index in [-0.39, 0.29) is 52.5 Å². The van der Waals surface area contributed by atoms with Crippen LogP contribution < -0.4 is 0 Å². The molecule has 0 bridgehead atoms. The molecule has 0 aromatic carbocycles. The number of Topliss-reactive ketones (excluding diaryl/α,β-unsaturated/α-hetero) is 2. The summed E-state index contributed by atoms with van der Waals surface area (Å²) < 4.78 is 36.1. The number of aliphatic hydroxyl groups is 12. The molecule has 25 atom stereocenters. The van der Waals surface area contributed by atoms with E-state index in [2.05, 4.69) is 27.7 Å². The summed E-state index contributed by atoms with van der Waals surface area (Å²) in [4.78, 5) is 27.0. The molecule has 20 heteroatoms. The van der Waals surface area contributed by atoms with Gasteiger partial charge in [-0.2, -0.15) is 0 Å². The molecule has 3 heterocycles. The monoisotopic (exact) mass is 975 g/mol. The Morgan fingerprint density at radius 1 is 0.721 bits per heavy atom.